The smallest absolute Gasteiger partial charge is 0.149 e. The number of hydrogen-bond acceptors (Lipinski definition) is 2. The van der Waals surface area contributed by atoms with Crippen molar-refractivity contribution in [2.75, 3.05) is 0 Å². The standard InChI is InChI=1S/C11H19NO/c1-4-6-9-7-10(11(13)5-2)12-8(9)3/h4,8-10,12H,1,5-7H2,2-3H3/t8-,9?,10-/m0/s1. The van der Waals surface area contributed by atoms with Gasteiger partial charge in [-0.15, -0.1) is 6.58 Å². The Labute approximate surface area is 80.4 Å². The SMILES string of the molecule is C=CCC1C[C@@H](C(=O)CC)N[C@H]1C. The van der Waals surface area contributed by atoms with E-state index in [1.165, 1.54) is 0 Å². The summed E-state index contributed by atoms with van der Waals surface area (Å²) in [7, 11) is 0. The molecule has 0 radical (unpaired) electrons. The summed E-state index contributed by atoms with van der Waals surface area (Å²) in [5.41, 5.74) is 0. The van der Waals surface area contributed by atoms with Crippen LogP contribution in [0.25, 0.3) is 0 Å². The third kappa shape index (κ3) is 2.41. The number of Topliss-reactive ketones (excluding diaryl/α,β-unsaturated/α-hetero) is 1. The molecule has 1 fully saturated rings. The molecule has 2 heteroatoms. The van der Waals surface area contributed by atoms with Gasteiger partial charge < -0.3 is 5.32 Å². The first-order valence-corrected chi connectivity index (χ1v) is 5.08. The molecule has 1 unspecified atom stereocenters. The lowest BCUT2D eigenvalue weighted by Crippen LogP contribution is -2.34. The van der Waals surface area contributed by atoms with E-state index in [9.17, 15) is 4.79 Å². The Kier molecular flexibility index (Phi) is 3.67. The van der Waals surface area contributed by atoms with Gasteiger partial charge in [-0.1, -0.05) is 13.0 Å². The molecule has 0 bridgehead atoms. The second kappa shape index (κ2) is 4.56. The van der Waals surface area contributed by atoms with Crippen molar-refractivity contribution in [1.29, 1.82) is 0 Å². The predicted molar refractivity (Wildman–Crippen MR) is 54.6 cm³/mol. The van der Waals surface area contributed by atoms with Crippen LogP contribution in [0.3, 0.4) is 0 Å². The summed E-state index contributed by atoms with van der Waals surface area (Å²) in [6.45, 7) is 7.81. The topological polar surface area (TPSA) is 29.1 Å². The number of carbonyl (C=O) groups excluding carboxylic acids is 1. The van der Waals surface area contributed by atoms with Crippen molar-refractivity contribution in [1.82, 2.24) is 5.32 Å². The van der Waals surface area contributed by atoms with Crippen molar-refractivity contribution in [2.45, 2.75) is 45.2 Å². The second-order valence-electron chi connectivity index (χ2n) is 3.85. The van der Waals surface area contributed by atoms with E-state index in [1.54, 1.807) is 0 Å². The van der Waals surface area contributed by atoms with E-state index in [4.69, 9.17) is 0 Å². The van der Waals surface area contributed by atoms with Gasteiger partial charge in [0.15, 0.2) is 0 Å². The summed E-state index contributed by atoms with van der Waals surface area (Å²) >= 11 is 0. The molecule has 0 saturated carbocycles. The molecule has 0 amide bonds. The number of carbonyl (C=O) groups is 1. The molecule has 1 N–H and O–H groups in total. The average molecular weight is 181 g/mol. The van der Waals surface area contributed by atoms with Crippen molar-refractivity contribution in [2.24, 2.45) is 5.92 Å². The highest BCUT2D eigenvalue weighted by Gasteiger charge is 2.32. The third-order valence-corrected chi connectivity index (χ3v) is 2.92. The summed E-state index contributed by atoms with van der Waals surface area (Å²) in [4.78, 5) is 11.4. The highest BCUT2D eigenvalue weighted by Crippen LogP contribution is 2.24. The lowest BCUT2D eigenvalue weighted by atomic mass is 9.95. The number of ketones is 1. The molecule has 0 aromatic rings. The minimum atomic E-state index is 0.102. The molecule has 13 heavy (non-hydrogen) atoms. The van der Waals surface area contributed by atoms with E-state index in [0.29, 0.717) is 24.2 Å². The quantitative estimate of drug-likeness (QED) is 0.671. The first kappa shape index (κ1) is 10.5. The molecule has 74 valence electrons. The minimum absolute atomic E-state index is 0.102. The van der Waals surface area contributed by atoms with Gasteiger partial charge in [-0.05, 0) is 25.7 Å². The molecule has 1 rings (SSSR count). The van der Waals surface area contributed by atoms with Crippen molar-refractivity contribution in [3.63, 3.8) is 0 Å². The van der Waals surface area contributed by atoms with Crippen LogP contribution in [-0.4, -0.2) is 17.9 Å². The Morgan fingerprint density at radius 1 is 1.69 bits per heavy atom. The highest BCUT2D eigenvalue weighted by atomic mass is 16.1. The van der Waals surface area contributed by atoms with Crippen molar-refractivity contribution in [3.05, 3.63) is 12.7 Å². The number of nitrogens with one attached hydrogen (secondary N) is 1. The number of hydrogen-bond donors (Lipinski definition) is 1. The van der Waals surface area contributed by atoms with Crippen molar-refractivity contribution < 1.29 is 4.79 Å². The molecule has 1 saturated heterocycles. The Hall–Kier alpha value is -0.630. The monoisotopic (exact) mass is 181 g/mol. The van der Waals surface area contributed by atoms with E-state index in [1.807, 2.05) is 13.0 Å². The van der Waals surface area contributed by atoms with E-state index >= 15 is 0 Å². The van der Waals surface area contributed by atoms with Gasteiger partial charge in [0.05, 0.1) is 6.04 Å². The number of rotatable bonds is 4. The van der Waals surface area contributed by atoms with Gasteiger partial charge in [0.2, 0.25) is 0 Å². The summed E-state index contributed by atoms with van der Waals surface area (Å²) < 4.78 is 0. The van der Waals surface area contributed by atoms with Crippen LogP contribution in [-0.2, 0) is 4.79 Å². The maximum absolute atomic E-state index is 11.4. The van der Waals surface area contributed by atoms with Crippen LogP contribution in [0.2, 0.25) is 0 Å². The average Bonchev–Trinajstić information content (AvgIpc) is 2.47. The molecule has 1 aliphatic heterocycles. The molecule has 0 aliphatic carbocycles. The van der Waals surface area contributed by atoms with Crippen LogP contribution in [0.5, 0.6) is 0 Å². The minimum Gasteiger partial charge on any atom is -0.305 e. The van der Waals surface area contributed by atoms with Crippen LogP contribution in [0.4, 0.5) is 0 Å². The van der Waals surface area contributed by atoms with Gasteiger partial charge in [0, 0.05) is 12.5 Å². The molecular formula is C11H19NO. The van der Waals surface area contributed by atoms with Crippen LogP contribution in [0.1, 0.15) is 33.1 Å². The van der Waals surface area contributed by atoms with Gasteiger partial charge in [-0.25, -0.2) is 0 Å². The van der Waals surface area contributed by atoms with Gasteiger partial charge in [0.1, 0.15) is 5.78 Å². The summed E-state index contributed by atoms with van der Waals surface area (Å²) in [6.07, 6.45) is 4.59. The first-order chi connectivity index (χ1) is 6.19. The fraction of sp³-hybridized carbons (Fsp3) is 0.727. The summed E-state index contributed by atoms with van der Waals surface area (Å²) in [5, 5.41) is 3.34. The maximum Gasteiger partial charge on any atom is 0.149 e. The zero-order valence-corrected chi connectivity index (χ0v) is 8.55. The molecule has 3 atom stereocenters. The Morgan fingerprint density at radius 2 is 2.38 bits per heavy atom. The molecule has 1 aliphatic rings. The van der Waals surface area contributed by atoms with Crippen molar-refractivity contribution >= 4 is 5.78 Å². The van der Waals surface area contributed by atoms with E-state index in [-0.39, 0.29) is 6.04 Å². The summed E-state index contributed by atoms with van der Waals surface area (Å²) in [6, 6.07) is 0.559. The molecule has 2 nitrogen and oxygen atoms in total. The van der Waals surface area contributed by atoms with Gasteiger partial charge in [0.25, 0.3) is 0 Å². The van der Waals surface area contributed by atoms with E-state index in [2.05, 4.69) is 18.8 Å². The zero-order valence-electron chi connectivity index (χ0n) is 8.55. The molecule has 0 spiro atoms. The molecule has 1 heterocycles. The lowest BCUT2D eigenvalue weighted by molar-refractivity contribution is -0.120. The van der Waals surface area contributed by atoms with Crippen LogP contribution >= 0.6 is 0 Å². The van der Waals surface area contributed by atoms with E-state index in [0.717, 1.165) is 12.8 Å². The fourth-order valence-corrected chi connectivity index (χ4v) is 2.01. The Bertz CT molecular complexity index is 200. The first-order valence-electron chi connectivity index (χ1n) is 5.08. The maximum atomic E-state index is 11.4. The molecule has 0 aromatic heterocycles. The molecular weight excluding hydrogens is 162 g/mol. The van der Waals surface area contributed by atoms with Gasteiger partial charge in [-0.2, -0.15) is 0 Å². The van der Waals surface area contributed by atoms with Gasteiger partial charge in [-0.3, -0.25) is 4.79 Å². The predicted octanol–water partition coefficient (Wildman–Crippen LogP) is 1.91. The zero-order chi connectivity index (χ0) is 9.84. The van der Waals surface area contributed by atoms with Crippen LogP contribution in [0.15, 0.2) is 12.7 Å². The van der Waals surface area contributed by atoms with Crippen molar-refractivity contribution in [3.8, 4) is 0 Å². The largest absolute Gasteiger partial charge is 0.305 e. The fourth-order valence-electron chi connectivity index (χ4n) is 2.01. The van der Waals surface area contributed by atoms with E-state index < -0.39 is 0 Å². The van der Waals surface area contributed by atoms with Crippen LogP contribution < -0.4 is 5.32 Å². The lowest BCUT2D eigenvalue weighted by Gasteiger charge is -2.11. The Morgan fingerprint density at radius 3 is 2.92 bits per heavy atom. The Balaban J connectivity index is 2.49. The second-order valence-corrected chi connectivity index (χ2v) is 3.85. The molecule has 0 aromatic carbocycles. The number of allylic oxidation sites excluding steroid dienone is 1. The highest BCUT2D eigenvalue weighted by molar-refractivity contribution is 5.84. The van der Waals surface area contributed by atoms with Gasteiger partial charge >= 0.3 is 0 Å². The third-order valence-electron chi connectivity index (χ3n) is 2.92. The van der Waals surface area contributed by atoms with Crippen LogP contribution in [0, 0.1) is 5.92 Å². The normalized spacial score (nSPS) is 33.2. The summed E-state index contributed by atoms with van der Waals surface area (Å²) in [5.74, 6) is 0.941.